The van der Waals surface area contributed by atoms with E-state index in [0.29, 0.717) is 6.61 Å². The van der Waals surface area contributed by atoms with E-state index >= 15 is 0 Å². The Hall–Kier alpha value is -1.28. The topological polar surface area (TPSA) is 9.23 Å². The molecule has 0 N–H and O–H groups in total. The molecule has 20 heavy (non-hydrogen) atoms. The van der Waals surface area contributed by atoms with Crippen LogP contribution in [0.15, 0.2) is 48.5 Å². The largest absolute Gasteiger partial charge is 0.489 e. The van der Waals surface area contributed by atoms with Gasteiger partial charge in [-0.25, -0.2) is 0 Å². The Bertz CT molecular complexity index is 535. The van der Waals surface area contributed by atoms with Gasteiger partial charge in [0.25, 0.3) is 0 Å². The predicted molar refractivity (Wildman–Crippen MR) is 88.5 cm³/mol. The van der Waals surface area contributed by atoms with Gasteiger partial charge < -0.3 is 4.74 Å². The minimum Gasteiger partial charge on any atom is -0.489 e. The van der Waals surface area contributed by atoms with Crippen molar-refractivity contribution in [1.29, 1.82) is 0 Å². The van der Waals surface area contributed by atoms with Gasteiger partial charge in [-0.1, -0.05) is 73.1 Å². The highest BCUT2D eigenvalue weighted by Gasteiger charge is 2.12. The average Bonchev–Trinajstić information content (AvgIpc) is 2.45. The molecule has 0 unspecified atom stereocenters. The number of hydrogen-bond donors (Lipinski definition) is 0. The van der Waals surface area contributed by atoms with Crippen LogP contribution in [-0.2, 0) is 17.4 Å². The fraction of sp³-hybridized carbons (Fsp3) is 0.333. The molecule has 0 fully saturated rings. The summed E-state index contributed by atoms with van der Waals surface area (Å²) in [6.45, 7) is 7.29. The zero-order chi connectivity index (χ0) is 14.6. The monoisotopic (exact) mass is 332 g/mol. The van der Waals surface area contributed by atoms with Crippen molar-refractivity contribution < 1.29 is 4.74 Å². The Kier molecular flexibility index (Phi) is 4.87. The molecule has 2 aromatic rings. The second kappa shape index (κ2) is 6.45. The quantitative estimate of drug-likeness (QED) is 0.675. The van der Waals surface area contributed by atoms with Crippen LogP contribution in [0.2, 0.25) is 0 Å². The van der Waals surface area contributed by atoms with Crippen molar-refractivity contribution in [2.24, 2.45) is 0 Å². The Balaban J connectivity index is 1.96. The number of benzene rings is 2. The molecule has 106 valence electrons. The molecule has 0 spiro atoms. The van der Waals surface area contributed by atoms with Gasteiger partial charge in [-0.15, -0.1) is 0 Å². The van der Waals surface area contributed by atoms with E-state index in [1.165, 1.54) is 16.7 Å². The van der Waals surface area contributed by atoms with Crippen LogP contribution >= 0.6 is 15.9 Å². The van der Waals surface area contributed by atoms with Gasteiger partial charge >= 0.3 is 0 Å². The van der Waals surface area contributed by atoms with Gasteiger partial charge in [-0.05, 0) is 34.2 Å². The molecule has 0 radical (unpaired) electrons. The van der Waals surface area contributed by atoms with Crippen LogP contribution in [0.1, 0.15) is 37.5 Å². The molecule has 0 saturated carbocycles. The zero-order valence-corrected chi connectivity index (χ0v) is 13.9. The van der Waals surface area contributed by atoms with Crippen molar-refractivity contribution in [3.8, 4) is 5.75 Å². The van der Waals surface area contributed by atoms with Gasteiger partial charge in [-0.2, -0.15) is 0 Å². The third-order valence-electron chi connectivity index (χ3n) is 3.30. The summed E-state index contributed by atoms with van der Waals surface area (Å²) in [4.78, 5) is 0. The summed E-state index contributed by atoms with van der Waals surface area (Å²) >= 11 is 3.44. The molecule has 1 nitrogen and oxygen atoms in total. The van der Waals surface area contributed by atoms with E-state index in [2.05, 4.69) is 73.1 Å². The Labute approximate surface area is 130 Å². The molecular formula is C18H21BrO. The van der Waals surface area contributed by atoms with E-state index < -0.39 is 0 Å². The summed E-state index contributed by atoms with van der Waals surface area (Å²) in [5, 5.41) is 0.877. The minimum absolute atomic E-state index is 0.199. The first kappa shape index (κ1) is 15.1. The molecule has 2 rings (SSSR count). The molecule has 0 amide bonds. The third-order valence-corrected chi connectivity index (χ3v) is 3.95. The van der Waals surface area contributed by atoms with Crippen LogP contribution in [0.3, 0.4) is 0 Å². The molecule has 2 heteroatoms. The highest BCUT2D eigenvalue weighted by atomic mass is 79.9. The normalized spacial score (nSPS) is 11.4. The second-order valence-electron chi connectivity index (χ2n) is 6.01. The van der Waals surface area contributed by atoms with Gasteiger partial charge in [0.1, 0.15) is 12.4 Å². The fourth-order valence-corrected chi connectivity index (χ4v) is 2.32. The second-order valence-corrected chi connectivity index (χ2v) is 6.57. The summed E-state index contributed by atoms with van der Waals surface area (Å²) in [6, 6.07) is 16.8. The maximum absolute atomic E-state index is 5.80. The van der Waals surface area contributed by atoms with Gasteiger partial charge in [0.2, 0.25) is 0 Å². The van der Waals surface area contributed by atoms with E-state index in [1.807, 2.05) is 12.1 Å². The van der Waals surface area contributed by atoms with Crippen LogP contribution in [0.25, 0.3) is 0 Å². The molecule has 0 aromatic heterocycles. The Morgan fingerprint density at radius 3 is 1.90 bits per heavy atom. The fourth-order valence-electron chi connectivity index (χ4n) is 1.94. The lowest BCUT2D eigenvalue weighted by Gasteiger charge is -2.19. The van der Waals surface area contributed by atoms with Gasteiger partial charge in [0, 0.05) is 5.33 Å². The number of ether oxygens (including phenoxy) is 1. The number of alkyl halides is 1. The minimum atomic E-state index is 0.199. The van der Waals surface area contributed by atoms with Gasteiger partial charge in [0.15, 0.2) is 0 Å². The van der Waals surface area contributed by atoms with Crippen molar-refractivity contribution in [2.75, 3.05) is 0 Å². The average molecular weight is 333 g/mol. The van der Waals surface area contributed by atoms with E-state index in [9.17, 15) is 0 Å². The van der Waals surface area contributed by atoms with Crippen LogP contribution < -0.4 is 4.74 Å². The smallest absolute Gasteiger partial charge is 0.119 e. The van der Waals surface area contributed by atoms with Crippen LogP contribution in [0.4, 0.5) is 0 Å². The Morgan fingerprint density at radius 2 is 1.40 bits per heavy atom. The van der Waals surface area contributed by atoms with E-state index in [0.717, 1.165) is 11.1 Å². The molecule has 0 aliphatic carbocycles. The maximum Gasteiger partial charge on any atom is 0.119 e. The SMILES string of the molecule is CC(C)(C)c1ccc(COc2ccc(CBr)cc2)cc1. The van der Waals surface area contributed by atoms with E-state index in [4.69, 9.17) is 4.74 Å². The highest BCUT2D eigenvalue weighted by molar-refractivity contribution is 9.08. The molecule has 0 aliphatic heterocycles. The first-order valence-electron chi connectivity index (χ1n) is 6.86. The Morgan fingerprint density at radius 1 is 0.850 bits per heavy atom. The molecule has 2 aromatic carbocycles. The predicted octanol–water partition coefficient (Wildman–Crippen LogP) is 5.46. The maximum atomic E-state index is 5.80. The van der Waals surface area contributed by atoms with E-state index in [1.54, 1.807) is 0 Å². The first-order valence-corrected chi connectivity index (χ1v) is 7.98. The lowest BCUT2D eigenvalue weighted by molar-refractivity contribution is 0.306. The number of hydrogen-bond acceptors (Lipinski definition) is 1. The summed E-state index contributed by atoms with van der Waals surface area (Å²) in [6.07, 6.45) is 0. The van der Waals surface area contributed by atoms with Crippen LogP contribution in [0.5, 0.6) is 5.75 Å². The van der Waals surface area contributed by atoms with Gasteiger partial charge in [0.05, 0.1) is 0 Å². The molecule has 0 bridgehead atoms. The van der Waals surface area contributed by atoms with Crippen LogP contribution in [0, 0.1) is 0 Å². The lowest BCUT2D eigenvalue weighted by Crippen LogP contribution is -2.10. The molecule has 0 saturated heterocycles. The molecule has 0 heterocycles. The third kappa shape index (κ3) is 4.11. The van der Waals surface area contributed by atoms with Crippen molar-refractivity contribution in [1.82, 2.24) is 0 Å². The lowest BCUT2D eigenvalue weighted by atomic mass is 9.87. The number of halogens is 1. The summed E-state index contributed by atoms with van der Waals surface area (Å²) in [7, 11) is 0. The standard InChI is InChI=1S/C18H21BrO/c1-18(2,3)16-8-4-15(5-9-16)13-20-17-10-6-14(12-19)7-11-17/h4-11H,12-13H2,1-3H3. The number of rotatable bonds is 4. The molecule has 0 aliphatic rings. The summed E-state index contributed by atoms with van der Waals surface area (Å²) < 4.78 is 5.80. The highest BCUT2D eigenvalue weighted by Crippen LogP contribution is 2.22. The molecule has 0 atom stereocenters. The van der Waals surface area contributed by atoms with Crippen molar-refractivity contribution in [3.63, 3.8) is 0 Å². The molecular weight excluding hydrogens is 312 g/mol. The van der Waals surface area contributed by atoms with Crippen LogP contribution in [-0.4, -0.2) is 0 Å². The summed E-state index contributed by atoms with van der Waals surface area (Å²) in [5.74, 6) is 0.912. The first-order chi connectivity index (χ1) is 9.49. The van der Waals surface area contributed by atoms with Gasteiger partial charge in [-0.3, -0.25) is 0 Å². The van der Waals surface area contributed by atoms with Crippen molar-refractivity contribution in [2.45, 2.75) is 38.1 Å². The van der Waals surface area contributed by atoms with Crippen molar-refractivity contribution >= 4 is 15.9 Å². The van der Waals surface area contributed by atoms with E-state index in [-0.39, 0.29) is 5.41 Å². The summed E-state index contributed by atoms with van der Waals surface area (Å²) in [5.41, 5.74) is 4.00. The van der Waals surface area contributed by atoms with Crippen molar-refractivity contribution in [3.05, 3.63) is 65.2 Å². The zero-order valence-electron chi connectivity index (χ0n) is 12.3.